The largest absolute Gasteiger partial charge is 0.472 e. The van der Waals surface area contributed by atoms with Crippen molar-refractivity contribution in [2.24, 2.45) is 0 Å². The van der Waals surface area contributed by atoms with E-state index in [4.69, 9.17) is 27.7 Å². The molecule has 0 saturated heterocycles. The summed E-state index contributed by atoms with van der Waals surface area (Å²) in [5, 5.41) is 3.21. The number of anilines is 2. The molecule has 10 heteroatoms. The minimum atomic E-state index is -2.92. The van der Waals surface area contributed by atoms with Gasteiger partial charge in [-0.2, -0.15) is 13.8 Å². The lowest BCUT2D eigenvalue weighted by atomic mass is 10.2. The fourth-order valence-corrected chi connectivity index (χ4v) is 2.43. The van der Waals surface area contributed by atoms with Gasteiger partial charge in [-0.15, -0.1) is 0 Å². The van der Waals surface area contributed by atoms with E-state index in [0.29, 0.717) is 11.4 Å². The molecule has 0 aliphatic carbocycles. The second-order valence-electron chi connectivity index (χ2n) is 4.40. The third kappa shape index (κ3) is 5.30. The predicted octanol–water partition coefficient (Wildman–Crippen LogP) is 5.16. The molecule has 1 aromatic heterocycles. The van der Waals surface area contributed by atoms with E-state index in [1.807, 2.05) is 13.3 Å². The smallest absolute Gasteiger partial charge is 0.387 e. The summed E-state index contributed by atoms with van der Waals surface area (Å²) in [5.41, 5.74) is 0.486. The summed E-state index contributed by atoms with van der Waals surface area (Å²) in [4.78, 5) is 7.72. The molecule has 23 heavy (non-hydrogen) atoms. The van der Waals surface area contributed by atoms with Crippen LogP contribution >= 0.6 is 31.4 Å². The van der Waals surface area contributed by atoms with E-state index in [0.717, 1.165) is 0 Å². The zero-order valence-electron chi connectivity index (χ0n) is 12.1. The summed E-state index contributed by atoms with van der Waals surface area (Å²) in [6.45, 7) is 0.823. The minimum Gasteiger partial charge on any atom is -0.472 e. The molecule has 0 aliphatic heterocycles. The molecule has 2 aromatic rings. The number of halogens is 4. The first-order chi connectivity index (χ1) is 10.8. The van der Waals surface area contributed by atoms with Crippen LogP contribution < -0.4 is 14.6 Å². The lowest BCUT2D eigenvalue weighted by Gasteiger charge is -2.16. The van der Waals surface area contributed by atoms with Crippen LogP contribution in [-0.2, 0) is 0 Å². The molecule has 0 unspecified atom stereocenters. The Hall–Kier alpha value is -1.43. The molecule has 0 saturated carbocycles. The van der Waals surface area contributed by atoms with Gasteiger partial charge >= 0.3 is 6.61 Å². The first-order valence-corrected chi connectivity index (χ1v) is 9.15. The number of alkyl halides is 2. The van der Waals surface area contributed by atoms with Gasteiger partial charge in [-0.1, -0.05) is 11.6 Å². The van der Waals surface area contributed by atoms with Gasteiger partial charge in [0.15, 0.2) is 5.82 Å². The molecule has 0 spiro atoms. The van der Waals surface area contributed by atoms with Crippen molar-refractivity contribution >= 4 is 42.9 Å². The summed E-state index contributed by atoms with van der Waals surface area (Å²) in [6.07, 6.45) is 1.35. The highest BCUT2D eigenvalue weighted by Gasteiger charge is 2.13. The molecule has 5 nitrogen and oxygen atoms in total. The SMILES string of the molecule is CP(C)Oc1cc(OC(F)F)ccc1Nc1nc(Cl)ncc1Cl. The Morgan fingerprint density at radius 2 is 2.00 bits per heavy atom. The Kier molecular flexibility index (Phi) is 6.16. The van der Waals surface area contributed by atoms with Crippen LogP contribution in [0.3, 0.4) is 0 Å². The Morgan fingerprint density at radius 1 is 1.26 bits per heavy atom. The molecule has 124 valence electrons. The first kappa shape index (κ1) is 17.9. The van der Waals surface area contributed by atoms with E-state index in [9.17, 15) is 8.78 Å². The first-order valence-electron chi connectivity index (χ1n) is 6.24. The normalized spacial score (nSPS) is 11.0. The second-order valence-corrected chi connectivity index (χ2v) is 6.95. The van der Waals surface area contributed by atoms with Crippen LogP contribution in [-0.4, -0.2) is 29.9 Å². The monoisotopic (exact) mass is 381 g/mol. The molecule has 1 aromatic carbocycles. The molecular formula is C13H12Cl2F2N3O2P. The fourth-order valence-electron chi connectivity index (χ4n) is 1.62. The molecule has 0 atom stereocenters. The maximum atomic E-state index is 12.3. The van der Waals surface area contributed by atoms with Gasteiger partial charge in [-0.25, -0.2) is 4.98 Å². The molecule has 0 radical (unpaired) electrons. The number of nitrogens with zero attached hydrogens (tertiary/aromatic N) is 2. The van der Waals surface area contributed by atoms with E-state index >= 15 is 0 Å². The van der Waals surface area contributed by atoms with Crippen molar-refractivity contribution in [1.29, 1.82) is 0 Å². The lowest BCUT2D eigenvalue weighted by Crippen LogP contribution is -2.03. The molecule has 0 bridgehead atoms. The van der Waals surface area contributed by atoms with Crippen molar-refractivity contribution in [3.63, 3.8) is 0 Å². The van der Waals surface area contributed by atoms with E-state index in [2.05, 4.69) is 20.0 Å². The maximum absolute atomic E-state index is 12.3. The average molecular weight is 382 g/mol. The molecule has 2 rings (SSSR count). The van der Waals surface area contributed by atoms with Gasteiger partial charge in [0.25, 0.3) is 0 Å². The molecular weight excluding hydrogens is 370 g/mol. The van der Waals surface area contributed by atoms with Crippen LogP contribution in [0.2, 0.25) is 10.3 Å². The lowest BCUT2D eigenvalue weighted by molar-refractivity contribution is -0.0498. The Labute approximate surface area is 142 Å². The summed E-state index contributed by atoms with van der Waals surface area (Å²) in [7, 11) is -0.789. The third-order valence-electron chi connectivity index (χ3n) is 2.43. The number of hydrogen-bond donors (Lipinski definition) is 1. The fraction of sp³-hybridized carbons (Fsp3) is 0.231. The van der Waals surface area contributed by atoms with Gasteiger partial charge in [0.05, 0.1) is 20.0 Å². The van der Waals surface area contributed by atoms with E-state index < -0.39 is 14.8 Å². The molecule has 1 heterocycles. The van der Waals surface area contributed by atoms with Gasteiger partial charge in [-0.3, -0.25) is 0 Å². The maximum Gasteiger partial charge on any atom is 0.387 e. The van der Waals surface area contributed by atoms with Crippen LogP contribution in [0.5, 0.6) is 11.5 Å². The average Bonchev–Trinajstić information content (AvgIpc) is 2.44. The number of ether oxygens (including phenoxy) is 1. The van der Waals surface area contributed by atoms with Crippen molar-refractivity contribution in [3.8, 4) is 11.5 Å². The Morgan fingerprint density at radius 3 is 2.65 bits per heavy atom. The zero-order chi connectivity index (χ0) is 17.0. The van der Waals surface area contributed by atoms with Crippen LogP contribution in [0.4, 0.5) is 20.3 Å². The second kappa shape index (κ2) is 7.90. The number of hydrogen-bond acceptors (Lipinski definition) is 5. The molecule has 0 amide bonds. The number of aromatic nitrogens is 2. The number of rotatable bonds is 6. The Balaban J connectivity index is 2.34. The summed E-state index contributed by atoms with van der Waals surface area (Å²) >= 11 is 11.7. The van der Waals surface area contributed by atoms with Crippen LogP contribution in [0.1, 0.15) is 0 Å². The summed E-state index contributed by atoms with van der Waals surface area (Å²) < 4.78 is 34.7. The van der Waals surface area contributed by atoms with E-state index in [1.165, 1.54) is 24.4 Å². The topological polar surface area (TPSA) is 56.3 Å². The van der Waals surface area contributed by atoms with Gasteiger partial charge in [0, 0.05) is 6.07 Å². The highest BCUT2D eigenvalue weighted by molar-refractivity contribution is 7.51. The van der Waals surface area contributed by atoms with Gasteiger partial charge in [0.2, 0.25) is 5.28 Å². The highest BCUT2D eigenvalue weighted by atomic mass is 35.5. The highest BCUT2D eigenvalue weighted by Crippen LogP contribution is 2.39. The van der Waals surface area contributed by atoms with Crippen LogP contribution in [0.15, 0.2) is 24.4 Å². The van der Waals surface area contributed by atoms with Crippen molar-refractivity contribution in [2.75, 3.05) is 18.6 Å². The predicted molar refractivity (Wildman–Crippen MR) is 87.8 cm³/mol. The Bertz CT molecular complexity index is 692. The third-order valence-corrected chi connectivity index (χ3v) is 3.45. The molecule has 1 N–H and O–H groups in total. The van der Waals surface area contributed by atoms with E-state index in [-0.39, 0.29) is 21.9 Å². The van der Waals surface area contributed by atoms with E-state index in [1.54, 1.807) is 0 Å². The number of nitrogens with one attached hydrogen (secondary N) is 1. The van der Waals surface area contributed by atoms with Gasteiger partial charge < -0.3 is 14.6 Å². The van der Waals surface area contributed by atoms with Crippen molar-refractivity contribution in [2.45, 2.75) is 6.61 Å². The van der Waals surface area contributed by atoms with Crippen molar-refractivity contribution < 1.29 is 18.0 Å². The van der Waals surface area contributed by atoms with Gasteiger partial charge in [0.1, 0.15) is 16.5 Å². The number of benzene rings is 1. The van der Waals surface area contributed by atoms with Crippen LogP contribution in [0, 0.1) is 0 Å². The summed E-state index contributed by atoms with van der Waals surface area (Å²) in [5.74, 6) is 0.602. The quantitative estimate of drug-likeness (QED) is 0.552. The minimum absolute atomic E-state index is 0.00998. The van der Waals surface area contributed by atoms with Crippen molar-refractivity contribution in [1.82, 2.24) is 9.97 Å². The van der Waals surface area contributed by atoms with Crippen molar-refractivity contribution in [3.05, 3.63) is 34.7 Å². The standard InChI is InChI=1S/C13H12Cl2F2N3O2P/c1-23(2)22-10-5-7(21-13(16)17)3-4-9(10)19-11-8(14)6-18-12(15)20-11/h3-6,13H,1-2H3,(H,18,19,20). The van der Waals surface area contributed by atoms with Crippen LogP contribution in [0.25, 0.3) is 0 Å². The summed E-state index contributed by atoms with van der Waals surface area (Å²) in [6, 6.07) is 4.28. The molecule has 0 aliphatic rings. The zero-order valence-corrected chi connectivity index (χ0v) is 14.5. The molecule has 0 fully saturated rings. The van der Waals surface area contributed by atoms with Gasteiger partial charge in [-0.05, 0) is 37.1 Å².